The third-order valence-corrected chi connectivity index (χ3v) is 14.2. The van der Waals surface area contributed by atoms with E-state index in [0.29, 0.717) is 12.8 Å². The number of halogens is 2. The largest absolute Gasteiger partial charge is 0.490 e. The summed E-state index contributed by atoms with van der Waals surface area (Å²) in [5, 5.41) is -0.354. The molecule has 15 nitrogen and oxygen atoms in total. The SMILES string of the molecule is CCCCCCCCCCCCCCCCCCOP(=O)(OCCCCCCCC)OP(=O)(O)OP(=O)(O)OC[C@H]1O[C@@H](n2cc(Cl)c(=O)[nH]c2=O)CC1F. The van der Waals surface area contributed by atoms with Gasteiger partial charge in [0.05, 0.1) is 19.8 Å². The lowest BCUT2D eigenvalue weighted by atomic mass is 10.0. The predicted octanol–water partition coefficient (Wildman–Crippen LogP) is 10.8. The molecular formula is C35H65ClFN2O13P3. The minimum atomic E-state index is -5.63. The molecule has 1 aromatic heterocycles. The molecule has 6 atom stereocenters. The molecule has 55 heavy (non-hydrogen) atoms. The highest BCUT2D eigenvalue weighted by molar-refractivity contribution is 7.67. The van der Waals surface area contributed by atoms with Crippen LogP contribution in [0.1, 0.15) is 168 Å². The van der Waals surface area contributed by atoms with Crippen LogP contribution >= 0.6 is 35.1 Å². The van der Waals surface area contributed by atoms with Crippen molar-refractivity contribution in [2.75, 3.05) is 19.8 Å². The van der Waals surface area contributed by atoms with Gasteiger partial charge < -0.3 is 14.5 Å². The van der Waals surface area contributed by atoms with Crippen molar-refractivity contribution in [2.24, 2.45) is 0 Å². The number of hydrogen-bond donors (Lipinski definition) is 3. The highest BCUT2D eigenvalue weighted by atomic mass is 35.5. The maximum absolute atomic E-state index is 14.7. The number of nitrogens with one attached hydrogen (secondary N) is 1. The molecule has 3 N–H and O–H groups in total. The zero-order valence-corrected chi connectivity index (χ0v) is 36.1. The summed E-state index contributed by atoms with van der Waals surface area (Å²) in [5.74, 6) is 0. The molecule has 1 aliphatic heterocycles. The first kappa shape index (κ1) is 50.4. The first-order valence-electron chi connectivity index (χ1n) is 20.1. The quantitative estimate of drug-likeness (QED) is 0.0436. The van der Waals surface area contributed by atoms with E-state index in [0.717, 1.165) is 68.6 Å². The Morgan fingerprint density at radius 1 is 0.727 bits per heavy atom. The van der Waals surface area contributed by atoms with Gasteiger partial charge in [-0.05, 0) is 12.8 Å². The third kappa shape index (κ3) is 22.3. The number of rotatable bonds is 34. The van der Waals surface area contributed by atoms with E-state index in [9.17, 15) is 37.5 Å². The normalized spacial score (nSPS) is 20.7. The fourth-order valence-corrected chi connectivity index (χ4v) is 10.4. The van der Waals surface area contributed by atoms with Gasteiger partial charge in [0.25, 0.3) is 5.56 Å². The summed E-state index contributed by atoms with van der Waals surface area (Å²) in [6, 6.07) is 0. The molecule has 2 heterocycles. The van der Waals surface area contributed by atoms with Crippen molar-refractivity contribution in [1.29, 1.82) is 0 Å². The van der Waals surface area contributed by atoms with Gasteiger partial charge in [-0.3, -0.25) is 27.9 Å². The Morgan fingerprint density at radius 2 is 1.16 bits per heavy atom. The summed E-state index contributed by atoms with van der Waals surface area (Å²) < 4.78 is 84.2. The van der Waals surface area contributed by atoms with E-state index in [-0.39, 0.29) is 18.2 Å². The summed E-state index contributed by atoms with van der Waals surface area (Å²) in [6.45, 7) is 3.11. The Balaban J connectivity index is 1.79. The van der Waals surface area contributed by atoms with Crippen LogP contribution in [0.2, 0.25) is 5.02 Å². The van der Waals surface area contributed by atoms with E-state index in [4.69, 9.17) is 34.2 Å². The van der Waals surface area contributed by atoms with Gasteiger partial charge in [0.1, 0.15) is 23.5 Å². The number of nitrogens with zero attached hydrogens (tertiary/aromatic N) is 1. The first-order valence-corrected chi connectivity index (χ1v) is 25.0. The molecule has 1 aromatic rings. The van der Waals surface area contributed by atoms with Gasteiger partial charge in [-0.2, -0.15) is 8.62 Å². The number of H-pyrrole nitrogens is 1. The number of aromatic amines is 1. The van der Waals surface area contributed by atoms with E-state index in [1.165, 1.54) is 70.6 Å². The van der Waals surface area contributed by atoms with Gasteiger partial charge in [-0.25, -0.2) is 22.9 Å². The van der Waals surface area contributed by atoms with Crippen molar-refractivity contribution < 1.29 is 54.8 Å². The third-order valence-electron chi connectivity index (χ3n) is 9.20. The van der Waals surface area contributed by atoms with E-state index in [1.54, 1.807) is 0 Å². The Kier molecular flexibility index (Phi) is 25.5. The number of aromatic nitrogens is 2. The number of phosphoric ester groups is 2. The number of unbranched alkanes of at least 4 members (excludes halogenated alkanes) is 20. The summed E-state index contributed by atoms with van der Waals surface area (Å²) >= 11 is 5.75. The van der Waals surface area contributed by atoms with Crippen LogP contribution in [0.25, 0.3) is 0 Å². The fraction of sp³-hybridized carbons (Fsp3) is 0.886. The van der Waals surface area contributed by atoms with Crippen molar-refractivity contribution >= 4 is 35.1 Å². The van der Waals surface area contributed by atoms with Gasteiger partial charge in [-0.1, -0.05) is 154 Å². The average molecular weight is 869 g/mol. The van der Waals surface area contributed by atoms with Crippen molar-refractivity contribution in [1.82, 2.24) is 9.55 Å². The molecule has 2 rings (SSSR count). The second-order valence-electron chi connectivity index (χ2n) is 14.1. The smallest absolute Gasteiger partial charge is 0.349 e. The maximum atomic E-state index is 14.7. The lowest BCUT2D eigenvalue weighted by Gasteiger charge is -2.22. The van der Waals surface area contributed by atoms with E-state index < -0.39 is 66.2 Å². The highest BCUT2D eigenvalue weighted by Gasteiger charge is 2.45. The second kappa shape index (κ2) is 27.9. The molecule has 0 spiro atoms. The molecule has 1 aliphatic rings. The first-order chi connectivity index (χ1) is 26.2. The Labute approximate surface area is 330 Å². The molecule has 0 aromatic carbocycles. The lowest BCUT2D eigenvalue weighted by Crippen LogP contribution is -2.32. The summed E-state index contributed by atoms with van der Waals surface area (Å²) in [4.78, 5) is 46.1. The summed E-state index contributed by atoms with van der Waals surface area (Å²) in [5.41, 5.74) is -1.78. The number of alkyl halides is 1. The van der Waals surface area contributed by atoms with Crippen LogP contribution in [0.15, 0.2) is 15.8 Å². The van der Waals surface area contributed by atoms with Crippen LogP contribution in [0.5, 0.6) is 0 Å². The summed E-state index contributed by atoms with van der Waals surface area (Å²) in [6.07, 6.45) is 19.8. The molecule has 0 radical (unpaired) electrons. The minimum Gasteiger partial charge on any atom is -0.349 e. The average Bonchev–Trinajstić information content (AvgIpc) is 3.49. The van der Waals surface area contributed by atoms with Crippen LogP contribution < -0.4 is 11.2 Å². The Hall–Kier alpha value is -0.730. The summed E-state index contributed by atoms with van der Waals surface area (Å²) in [7, 11) is -15.9. The number of ether oxygens (including phenoxy) is 1. The van der Waals surface area contributed by atoms with Crippen molar-refractivity contribution in [3.05, 3.63) is 32.1 Å². The van der Waals surface area contributed by atoms with E-state index in [1.807, 2.05) is 4.98 Å². The van der Waals surface area contributed by atoms with Gasteiger partial charge in [0, 0.05) is 12.6 Å². The fourth-order valence-electron chi connectivity index (χ4n) is 6.12. The number of phosphoric acid groups is 3. The van der Waals surface area contributed by atoms with E-state index >= 15 is 0 Å². The van der Waals surface area contributed by atoms with E-state index in [2.05, 4.69) is 18.2 Å². The van der Waals surface area contributed by atoms with Crippen LogP contribution in [-0.2, 0) is 40.6 Å². The molecule has 0 bridgehead atoms. The molecule has 0 aliphatic carbocycles. The molecule has 0 saturated carbocycles. The second-order valence-corrected chi connectivity index (χ2v) is 19.4. The van der Waals surface area contributed by atoms with Crippen LogP contribution in [0.4, 0.5) is 4.39 Å². The molecule has 0 amide bonds. The van der Waals surface area contributed by atoms with Gasteiger partial charge in [-0.15, -0.1) is 0 Å². The van der Waals surface area contributed by atoms with Gasteiger partial charge >= 0.3 is 29.2 Å². The van der Waals surface area contributed by atoms with Gasteiger partial charge in [0.15, 0.2) is 0 Å². The van der Waals surface area contributed by atoms with Crippen molar-refractivity contribution in [2.45, 2.75) is 180 Å². The molecule has 4 unspecified atom stereocenters. The molecule has 20 heteroatoms. The number of hydrogen-bond acceptors (Lipinski definition) is 11. The molecule has 1 fully saturated rings. The molecule has 1 saturated heterocycles. The van der Waals surface area contributed by atoms with Crippen LogP contribution in [-0.4, -0.2) is 51.4 Å². The van der Waals surface area contributed by atoms with Crippen molar-refractivity contribution in [3.63, 3.8) is 0 Å². The Bertz CT molecular complexity index is 1470. The molecule has 322 valence electrons. The van der Waals surface area contributed by atoms with Crippen LogP contribution in [0, 0.1) is 0 Å². The van der Waals surface area contributed by atoms with Gasteiger partial charge in [0.2, 0.25) is 0 Å². The lowest BCUT2D eigenvalue weighted by molar-refractivity contribution is -0.0349. The predicted molar refractivity (Wildman–Crippen MR) is 210 cm³/mol. The van der Waals surface area contributed by atoms with Crippen LogP contribution in [0.3, 0.4) is 0 Å². The zero-order chi connectivity index (χ0) is 40.6. The zero-order valence-electron chi connectivity index (χ0n) is 32.6. The topological polar surface area (TPSA) is 202 Å². The maximum Gasteiger partial charge on any atom is 0.490 e. The monoisotopic (exact) mass is 868 g/mol. The molecular weight excluding hydrogens is 804 g/mol. The standard InChI is InChI=1S/C35H65ClFN2O13P3/c1-3-5-7-9-11-12-13-14-15-16-17-18-19-20-22-24-26-48-55(46,47-25-23-21-10-8-6-4-2)52-54(44,45)51-53(42,43)49-29-32-31(37)27-33(50-32)39-28-30(36)34(40)38-35(39)41/h28,31-33H,3-27,29H2,1-2H3,(H,42,43)(H,44,45)(H,38,40,41)/t31?,32-,33-,55?/m1/s1. The highest BCUT2D eigenvalue weighted by Crippen LogP contribution is 2.69. The minimum absolute atomic E-state index is 0.124. The Morgan fingerprint density at radius 3 is 1.62 bits per heavy atom. The van der Waals surface area contributed by atoms with Crippen molar-refractivity contribution in [3.8, 4) is 0 Å².